The summed E-state index contributed by atoms with van der Waals surface area (Å²) in [6.45, 7) is -2.64. The summed E-state index contributed by atoms with van der Waals surface area (Å²) < 4.78 is 1.33. The van der Waals surface area contributed by atoms with Gasteiger partial charge in [-0.1, -0.05) is 11.8 Å². The maximum atomic E-state index is 14.2. The van der Waals surface area contributed by atoms with Crippen LogP contribution in [0.25, 0.3) is 11.3 Å². The third-order valence-corrected chi connectivity index (χ3v) is 13.6. The Labute approximate surface area is 479 Å². The minimum atomic E-state index is -1.72. The standard InChI is InChI=1S/C50H75N15O19/c51-14-3-1-7-28(58-49(81)34(24-67)62-50(82)35-13-16-53-43-32(57-40(73)12-11-37(70)42(52)75)19-27-20-38(71)39(72)21-36(27)65(35)43)44(76)55-22-41(74)56-29(9-5-17-63(83)25-68)46(78)59-30-8-2-4-15-54-45(77)33(23-66)61-48(80)31(60-47(30)79)10-6-18-64(84)26-69/h19-21,25-26,28-31,33-35,37,53,66-67,70-71,83-84H,1-18,22-24,51H2,(H2,52,75)(H,54,77)(H,55,76)(H,56,74)(H,57,73)(H,58,81)(H,59,78)(H,60,79)(H,61,80)(H,62,82)/p+1/t28-,29-,30-,31-,33-,34-,35?,37?/m0/s1. The van der Waals surface area contributed by atoms with E-state index in [0.29, 0.717) is 24.4 Å². The molecule has 0 saturated carbocycles. The summed E-state index contributed by atoms with van der Waals surface area (Å²) in [5, 5.41) is 88.0. The lowest BCUT2D eigenvalue weighted by Crippen LogP contribution is -2.62. The molecule has 0 aromatic carbocycles. The van der Waals surface area contributed by atoms with Crippen molar-refractivity contribution in [3.05, 3.63) is 28.4 Å². The van der Waals surface area contributed by atoms with E-state index in [-0.39, 0.29) is 137 Å². The summed E-state index contributed by atoms with van der Waals surface area (Å²) in [6, 6.07) is -6.73. The summed E-state index contributed by atoms with van der Waals surface area (Å²) >= 11 is 0. The van der Waals surface area contributed by atoms with Crippen LogP contribution in [0.1, 0.15) is 89.5 Å². The third kappa shape index (κ3) is 20.8. The smallest absolute Gasteiger partial charge is 0.337 e. The molecule has 34 nitrogen and oxygen atoms in total. The fourth-order valence-electron chi connectivity index (χ4n) is 9.02. The number of benzene rings is 1. The first-order chi connectivity index (χ1) is 40.0. The first-order valence-corrected chi connectivity index (χ1v) is 27.2. The van der Waals surface area contributed by atoms with E-state index in [0.717, 1.165) is 12.1 Å². The number of quaternary nitrogens is 2. The van der Waals surface area contributed by atoms with Gasteiger partial charge in [-0.2, -0.15) is 0 Å². The molecule has 0 aromatic heterocycles. The molecule has 3 aliphatic heterocycles. The number of pyridine rings is 1. The second-order valence-corrected chi connectivity index (χ2v) is 19.9. The van der Waals surface area contributed by atoms with Crippen LogP contribution in [0.15, 0.2) is 23.0 Å². The van der Waals surface area contributed by atoms with Crippen LogP contribution in [0.5, 0.6) is 5.75 Å². The fraction of sp³-hybridized carbons (Fsp3) is 0.580. The van der Waals surface area contributed by atoms with Crippen molar-refractivity contribution in [2.75, 3.05) is 63.1 Å². The topological polar surface area (TPSA) is 533 Å². The molecule has 8 atom stereocenters. The van der Waals surface area contributed by atoms with Crippen molar-refractivity contribution in [3.63, 3.8) is 0 Å². The van der Waals surface area contributed by atoms with E-state index in [1.165, 1.54) is 10.6 Å². The van der Waals surface area contributed by atoms with Crippen molar-refractivity contribution >= 4 is 83.4 Å². The van der Waals surface area contributed by atoms with Crippen molar-refractivity contribution < 1.29 is 99.8 Å². The Morgan fingerprint density at radius 2 is 1.43 bits per heavy atom. The molecular weight excluding hydrogens is 1110 g/mol. The molecule has 0 spiro atoms. The van der Waals surface area contributed by atoms with E-state index in [1.54, 1.807) is 0 Å². The number of carbonyl (C=O) groups is 12. The lowest BCUT2D eigenvalue weighted by atomic mass is 10.0. The van der Waals surface area contributed by atoms with Gasteiger partial charge in [0.25, 0.3) is 0 Å². The molecule has 0 radical (unpaired) electrons. The second kappa shape index (κ2) is 34.3. The Morgan fingerprint density at radius 1 is 0.750 bits per heavy atom. The molecule has 12 amide bonds. The number of anilines is 2. The van der Waals surface area contributed by atoms with E-state index in [1.807, 2.05) is 0 Å². The average Bonchev–Trinajstić information content (AvgIpc) is 1.54. The normalized spacial score (nSPS) is 18.7. The zero-order valence-corrected chi connectivity index (χ0v) is 46.1. The van der Waals surface area contributed by atoms with Crippen molar-refractivity contribution in [3.8, 4) is 17.0 Å². The highest BCUT2D eigenvalue weighted by Crippen LogP contribution is 2.39. The van der Waals surface area contributed by atoms with Crippen LogP contribution >= 0.6 is 0 Å². The number of nitrogens with one attached hydrogen (secondary N) is 10. The SMILES string of the molecule is [NH3+]CCCC[C@H](NC(=O)[C@H](CO)NC(=O)C1CCNc2c(NC(=O)CCC(O)C([NH3+])=O)cc3cc([O-])c(=O)cc-3n21)C(=O)NCC(=O)N[C@@H](CCCN(O)C=O)C(=O)N[C@H]1CCCCNC(=O)[C@H](CO)NC(=O)[C@H](CCCN(O)C=O)NC1=O. The highest BCUT2D eigenvalue weighted by Gasteiger charge is 2.36. The number of carbonyl (C=O) groups excluding carboxylic acids is 12. The number of unbranched alkanes of at least 4 members (excludes halogenated alkanes) is 1. The molecule has 1 saturated heterocycles. The van der Waals surface area contributed by atoms with Crippen LogP contribution in [0, 0.1) is 0 Å². The number of aliphatic hydroxyl groups excluding tert-OH is 3. The molecule has 4 rings (SSSR count). The first-order valence-electron chi connectivity index (χ1n) is 27.2. The third-order valence-electron chi connectivity index (χ3n) is 13.6. The van der Waals surface area contributed by atoms with Gasteiger partial charge >= 0.3 is 5.91 Å². The van der Waals surface area contributed by atoms with E-state index in [4.69, 9.17) is 0 Å². The molecule has 21 N–H and O–H groups in total. The average molecular weight is 1190 g/mol. The number of aliphatic hydroxyl groups is 3. The largest absolute Gasteiger partial charge is 0.870 e. The molecule has 84 heavy (non-hydrogen) atoms. The Morgan fingerprint density at radius 3 is 2.10 bits per heavy atom. The number of aromatic nitrogens is 1. The fourth-order valence-corrected chi connectivity index (χ4v) is 9.02. The van der Waals surface area contributed by atoms with Crippen LogP contribution in [0.3, 0.4) is 0 Å². The Hall–Kier alpha value is -8.41. The summed E-state index contributed by atoms with van der Waals surface area (Å²) in [4.78, 5) is 169. The molecule has 0 aromatic rings. The number of fused-ring (bicyclic) bond motifs is 3. The molecule has 2 unspecified atom stereocenters. The van der Waals surface area contributed by atoms with E-state index in [2.05, 4.69) is 64.6 Å². The van der Waals surface area contributed by atoms with Gasteiger partial charge in [-0.15, -0.1) is 0 Å². The molecule has 3 heterocycles. The number of rotatable bonds is 31. The minimum Gasteiger partial charge on any atom is -0.870 e. The van der Waals surface area contributed by atoms with Crippen LogP contribution in [-0.4, -0.2) is 207 Å². The van der Waals surface area contributed by atoms with Crippen molar-refractivity contribution in [1.29, 1.82) is 0 Å². The van der Waals surface area contributed by atoms with Gasteiger partial charge in [0.15, 0.2) is 11.5 Å². The van der Waals surface area contributed by atoms with E-state index < -0.39 is 138 Å². The summed E-state index contributed by atoms with van der Waals surface area (Å²) in [5.41, 5.74) is 6.23. The van der Waals surface area contributed by atoms with Gasteiger partial charge in [0, 0.05) is 44.2 Å². The highest BCUT2D eigenvalue weighted by molar-refractivity contribution is 5.99. The van der Waals surface area contributed by atoms with Gasteiger partial charge in [-0.05, 0) is 83.1 Å². The van der Waals surface area contributed by atoms with Crippen molar-refractivity contribution in [1.82, 2.24) is 57.2 Å². The molecule has 1 aliphatic carbocycles. The van der Waals surface area contributed by atoms with Crippen molar-refractivity contribution in [2.24, 2.45) is 0 Å². The van der Waals surface area contributed by atoms with Gasteiger partial charge in [0.2, 0.25) is 66.0 Å². The highest BCUT2D eigenvalue weighted by atomic mass is 16.5. The monoisotopic (exact) mass is 1190 g/mol. The summed E-state index contributed by atoms with van der Waals surface area (Å²) in [6.07, 6.45) is -1.39. The van der Waals surface area contributed by atoms with Crippen LogP contribution in [-0.2, 0) is 57.5 Å². The molecule has 1 fully saturated rings. The number of amides is 12. The molecule has 0 bridgehead atoms. The van der Waals surface area contributed by atoms with Crippen LogP contribution < -0.4 is 75.2 Å². The second-order valence-electron chi connectivity index (χ2n) is 19.9. The van der Waals surface area contributed by atoms with E-state index >= 15 is 0 Å². The summed E-state index contributed by atoms with van der Waals surface area (Å²) in [7, 11) is 0. The maximum absolute atomic E-state index is 14.2. The molecule has 464 valence electrons. The van der Waals surface area contributed by atoms with E-state index in [9.17, 15) is 93.2 Å². The van der Waals surface area contributed by atoms with Gasteiger partial charge in [-0.3, -0.25) is 73.7 Å². The lowest BCUT2D eigenvalue weighted by molar-refractivity contribution is -0.368. The van der Waals surface area contributed by atoms with Gasteiger partial charge in [0.05, 0.1) is 37.7 Å². The van der Waals surface area contributed by atoms with Crippen LogP contribution in [0.4, 0.5) is 11.5 Å². The van der Waals surface area contributed by atoms with Gasteiger partial charge in [-0.25, -0.2) is 14.9 Å². The zero-order valence-electron chi connectivity index (χ0n) is 46.1. The summed E-state index contributed by atoms with van der Waals surface area (Å²) in [5.74, 6) is -9.59. The number of nitrogens with zero attached hydrogens (tertiary/aromatic N) is 3. The number of hydroxylamine groups is 4. The van der Waals surface area contributed by atoms with Crippen molar-refractivity contribution in [2.45, 2.75) is 132 Å². The quantitative estimate of drug-likeness (QED) is 0.0144. The maximum Gasteiger partial charge on any atom is 0.337 e. The Balaban J connectivity index is 1.51. The Bertz CT molecular complexity index is 2700. The Kier molecular flexibility index (Phi) is 27.8. The van der Waals surface area contributed by atoms with Crippen LogP contribution in [0.2, 0.25) is 0 Å². The van der Waals surface area contributed by atoms with Gasteiger partial charge < -0.3 is 83.9 Å². The van der Waals surface area contributed by atoms with Gasteiger partial charge in [0.1, 0.15) is 48.1 Å². The minimum absolute atomic E-state index is 0.00247. The molecular formula is C50H76N15O19+. The predicted octanol–water partition coefficient (Wildman–Crippen LogP) is -8.79. The first kappa shape index (κ1) is 68.1. The number of hydrogen-bond acceptors (Lipinski definition) is 20. The lowest BCUT2D eigenvalue weighted by Gasteiger charge is -2.35. The predicted molar refractivity (Wildman–Crippen MR) is 285 cm³/mol. The zero-order chi connectivity index (χ0) is 62.0. The molecule has 34 heteroatoms. The molecule has 4 aliphatic rings. The number of hydrogen-bond donors (Lipinski definition) is 17.